The van der Waals surface area contributed by atoms with Crippen molar-refractivity contribution < 1.29 is 9.21 Å². The van der Waals surface area contributed by atoms with E-state index in [1.807, 2.05) is 29.6 Å². The largest absolute Gasteiger partial charge is 0.450 e. The first-order valence-corrected chi connectivity index (χ1v) is 10.3. The van der Waals surface area contributed by atoms with Gasteiger partial charge in [-0.15, -0.1) is 11.3 Å². The second kappa shape index (κ2) is 6.67. The predicted molar refractivity (Wildman–Crippen MR) is 114 cm³/mol. The Kier molecular flexibility index (Phi) is 4.10. The zero-order valence-electron chi connectivity index (χ0n) is 16.0. The van der Waals surface area contributed by atoms with Gasteiger partial charge in [-0.2, -0.15) is 0 Å². The van der Waals surface area contributed by atoms with E-state index in [4.69, 9.17) is 4.42 Å². The van der Waals surface area contributed by atoms with Crippen molar-refractivity contribution in [2.45, 2.75) is 25.8 Å². The molecule has 0 fully saturated rings. The van der Waals surface area contributed by atoms with Crippen molar-refractivity contribution in [1.29, 1.82) is 0 Å². The number of carbonyl (C=O) groups is 1. The van der Waals surface area contributed by atoms with Gasteiger partial charge in [0.25, 0.3) is 5.91 Å². The second-order valence-electron chi connectivity index (χ2n) is 7.38. The van der Waals surface area contributed by atoms with Crippen LogP contribution in [0, 0.1) is 0 Å². The van der Waals surface area contributed by atoms with Crippen molar-refractivity contribution in [2.75, 3.05) is 4.90 Å². The van der Waals surface area contributed by atoms with Gasteiger partial charge in [-0.3, -0.25) is 14.5 Å². The third-order valence-corrected chi connectivity index (χ3v) is 6.09. The molecule has 0 spiro atoms. The van der Waals surface area contributed by atoms with E-state index in [0.717, 1.165) is 5.56 Å². The van der Waals surface area contributed by atoms with E-state index in [1.165, 1.54) is 16.9 Å². The lowest BCUT2D eigenvalue weighted by molar-refractivity contribution is 0.0971. The maximum absolute atomic E-state index is 13.4. The molecule has 2 aromatic carbocycles. The summed E-state index contributed by atoms with van der Waals surface area (Å²) in [6.45, 7) is 4.26. The molecule has 29 heavy (non-hydrogen) atoms. The van der Waals surface area contributed by atoms with E-state index in [9.17, 15) is 9.59 Å². The minimum atomic E-state index is -0.564. The van der Waals surface area contributed by atoms with Crippen LogP contribution >= 0.6 is 11.3 Å². The number of rotatable bonds is 3. The van der Waals surface area contributed by atoms with Gasteiger partial charge in [0.2, 0.25) is 5.76 Å². The molecule has 4 aromatic rings. The standard InChI is InChI=1S/C23H18N2O3S/c1-13(2)14-7-9-15(10-8-14)19-18-20(26)16-5-3-4-6-17(16)28-21(18)22(27)25(19)23-24-11-12-29-23/h3-13,19H,1-2H3. The van der Waals surface area contributed by atoms with Crippen LogP contribution in [0.5, 0.6) is 0 Å². The fourth-order valence-electron chi connectivity index (χ4n) is 3.83. The number of para-hydroxylation sites is 1. The van der Waals surface area contributed by atoms with Gasteiger partial charge in [0.05, 0.1) is 17.0 Å². The molecule has 0 radical (unpaired) electrons. The summed E-state index contributed by atoms with van der Waals surface area (Å²) in [6.07, 6.45) is 1.65. The lowest BCUT2D eigenvalue weighted by Gasteiger charge is -2.23. The highest BCUT2D eigenvalue weighted by Crippen LogP contribution is 2.41. The fourth-order valence-corrected chi connectivity index (χ4v) is 4.50. The summed E-state index contributed by atoms with van der Waals surface area (Å²) in [4.78, 5) is 32.6. The minimum Gasteiger partial charge on any atom is -0.450 e. The fraction of sp³-hybridized carbons (Fsp3) is 0.174. The van der Waals surface area contributed by atoms with Crippen LogP contribution < -0.4 is 10.3 Å². The third kappa shape index (κ3) is 2.71. The van der Waals surface area contributed by atoms with Gasteiger partial charge in [-0.05, 0) is 29.2 Å². The highest BCUT2D eigenvalue weighted by Gasteiger charge is 2.44. The lowest BCUT2D eigenvalue weighted by atomic mass is 9.95. The van der Waals surface area contributed by atoms with Crippen molar-refractivity contribution >= 4 is 33.3 Å². The third-order valence-electron chi connectivity index (χ3n) is 5.32. The topological polar surface area (TPSA) is 63.4 Å². The quantitative estimate of drug-likeness (QED) is 0.477. The summed E-state index contributed by atoms with van der Waals surface area (Å²) < 4.78 is 5.92. The number of amides is 1. The summed E-state index contributed by atoms with van der Waals surface area (Å²) in [5, 5.41) is 2.84. The molecule has 5 rings (SSSR count). The van der Waals surface area contributed by atoms with Gasteiger partial charge < -0.3 is 4.42 Å². The number of aromatic nitrogens is 1. The molecule has 6 heteroatoms. The monoisotopic (exact) mass is 402 g/mol. The SMILES string of the molecule is CC(C)c1ccc(C2c3c(oc4ccccc4c3=O)C(=O)N2c2nccs2)cc1. The Morgan fingerprint density at radius 3 is 2.52 bits per heavy atom. The number of nitrogens with zero attached hydrogens (tertiary/aromatic N) is 2. The van der Waals surface area contributed by atoms with E-state index in [0.29, 0.717) is 27.6 Å². The van der Waals surface area contributed by atoms with Crippen LogP contribution in [0.2, 0.25) is 0 Å². The molecule has 1 amide bonds. The molecular formula is C23H18N2O3S. The van der Waals surface area contributed by atoms with Crippen LogP contribution in [0.25, 0.3) is 11.0 Å². The molecule has 5 nitrogen and oxygen atoms in total. The Hall–Kier alpha value is -3.25. The Labute approximate surface area is 171 Å². The van der Waals surface area contributed by atoms with Crippen LogP contribution in [0.3, 0.4) is 0 Å². The summed E-state index contributed by atoms with van der Waals surface area (Å²) in [6, 6.07) is 14.5. The summed E-state index contributed by atoms with van der Waals surface area (Å²) in [7, 11) is 0. The molecule has 0 saturated carbocycles. The van der Waals surface area contributed by atoms with E-state index in [-0.39, 0.29) is 17.1 Å². The predicted octanol–water partition coefficient (Wildman–Crippen LogP) is 5.12. The molecular weight excluding hydrogens is 384 g/mol. The van der Waals surface area contributed by atoms with Crippen LogP contribution in [0.1, 0.15) is 53.1 Å². The van der Waals surface area contributed by atoms with E-state index in [1.54, 1.807) is 35.4 Å². The molecule has 1 atom stereocenters. The Balaban J connectivity index is 1.77. The van der Waals surface area contributed by atoms with Crippen molar-refractivity contribution in [2.24, 2.45) is 0 Å². The average Bonchev–Trinajstić information content (AvgIpc) is 3.35. The van der Waals surface area contributed by atoms with E-state index in [2.05, 4.69) is 18.8 Å². The minimum absolute atomic E-state index is 0.0989. The molecule has 0 N–H and O–H groups in total. The molecule has 1 unspecified atom stereocenters. The zero-order valence-corrected chi connectivity index (χ0v) is 16.8. The molecule has 1 aliphatic rings. The smallest absolute Gasteiger partial charge is 0.297 e. The number of thiazole rings is 1. The Bertz CT molecular complexity index is 1270. The first-order valence-electron chi connectivity index (χ1n) is 9.45. The average molecular weight is 402 g/mol. The van der Waals surface area contributed by atoms with Gasteiger partial charge in [0.1, 0.15) is 5.58 Å². The number of fused-ring (bicyclic) bond motifs is 2. The van der Waals surface area contributed by atoms with Crippen LogP contribution in [0.15, 0.2) is 69.3 Å². The normalized spacial score (nSPS) is 16.0. The van der Waals surface area contributed by atoms with Gasteiger partial charge in [-0.1, -0.05) is 50.2 Å². The van der Waals surface area contributed by atoms with Gasteiger partial charge in [-0.25, -0.2) is 4.98 Å². The number of anilines is 1. The molecule has 3 heterocycles. The van der Waals surface area contributed by atoms with Crippen molar-refractivity contribution in [1.82, 2.24) is 4.98 Å². The maximum Gasteiger partial charge on any atom is 0.297 e. The number of benzene rings is 2. The highest BCUT2D eigenvalue weighted by atomic mass is 32.1. The van der Waals surface area contributed by atoms with Gasteiger partial charge in [0.15, 0.2) is 10.6 Å². The van der Waals surface area contributed by atoms with E-state index >= 15 is 0 Å². The van der Waals surface area contributed by atoms with Crippen LogP contribution in [-0.2, 0) is 0 Å². The Morgan fingerprint density at radius 2 is 1.83 bits per heavy atom. The van der Waals surface area contributed by atoms with Gasteiger partial charge >= 0.3 is 0 Å². The lowest BCUT2D eigenvalue weighted by Crippen LogP contribution is -2.29. The second-order valence-corrected chi connectivity index (χ2v) is 8.26. The van der Waals surface area contributed by atoms with Crippen molar-refractivity contribution in [3.05, 3.63) is 92.8 Å². The first-order chi connectivity index (χ1) is 14.1. The van der Waals surface area contributed by atoms with Crippen molar-refractivity contribution in [3.8, 4) is 0 Å². The van der Waals surface area contributed by atoms with Crippen LogP contribution in [-0.4, -0.2) is 10.9 Å². The molecule has 2 aromatic heterocycles. The summed E-state index contributed by atoms with van der Waals surface area (Å²) in [5.74, 6) is 0.156. The van der Waals surface area contributed by atoms with Crippen LogP contribution in [0.4, 0.5) is 5.13 Å². The molecule has 0 aliphatic carbocycles. The zero-order chi connectivity index (χ0) is 20.1. The molecule has 0 saturated heterocycles. The first kappa shape index (κ1) is 17.8. The summed E-state index contributed by atoms with van der Waals surface area (Å²) >= 11 is 1.36. The maximum atomic E-state index is 13.4. The molecule has 1 aliphatic heterocycles. The summed E-state index contributed by atoms with van der Waals surface area (Å²) in [5.41, 5.74) is 2.68. The molecule has 0 bridgehead atoms. The number of carbonyl (C=O) groups excluding carboxylic acids is 1. The number of hydrogen-bond donors (Lipinski definition) is 0. The Morgan fingerprint density at radius 1 is 1.07 bits per heavy atom. The highest BCUT2D eigenvalue weighted by molar-refractivity contribution is 7.13. The van der Waals surface area contributed by atoms with Gasteiger partial charge in [0, 0.05) is 11.6 Å². The number of hydrogen-bond acceptors (Lipinski definition) is 5. The van der Waals surface area contributed by atoms with Crippen molar-refractivity contribution in [3.63, 3.8) is 0 Å². The molecule has 144 valence electrons. The van der Waals surface area contributed by atoms with E-state index < -0.39 is 6.04 Å².